The SMILES string of the molecule is O=C(Nc1cccc(C2OC(CSc3ccccc3)CC(c3ccc(CO)cc3)O2)c1)c1ccccc1. The van der Waals surface area contributed by atoms with E-state index in [1.54, 1.807) is 23.9 Å². The van der Waals surface area contributed by atoms with Gasteiger partial charge in [0.05, 0.1) is 18.8 Å². The van der Waals surface area contributed by atoms with Gasteiger partial charge in [0, 0.05) is 33.9 Å². The Hall–Kier alpha value is -3.42. The minimum absolute atomic E-state index is 0.00930. The number of carbonyl (C=O) groups is 1. The summed E-state index contributed by atoms with van der Waals surface area (Å²) in [4.78, 5) is 13.9. The Morgan fingerprint density at radius 2 is 1.57 bits per heavy atom. The number of aliphatic hydroxyl groups excluding tert-OH is 1. The number of benzene rings is 4. The van der Waals surface area contributed by atoms with E-state index >= 15 is 0 Å². The first kappa shape index (κ1) is 25.2. The van der Waals surface area contributed by atoms with Crippen LogP contribution in [0.1, 0.15) is 45.9 Å². The molecule has 1 aliphatic rings. The molecule has 0 aliphatic carbocycles. The van der Waals surface area contributed by atoms with Gasteiger partial charge in [-0.1, -0.05) is 72.8 Å². The highest BCUT2D eigenvalue weighted by Gasteiger charge is 2.32. The second kappa shape index (κ2) is 12.2. The van der Waals surface area contributed by atoms with E-state index in [-0.39, 0.29) is 24.7 Å². The summed E-state index contributed by atoms with van der Waals surface area (Å²) in [5.41, 5.74) is 4.04. The second-order valence-electron chi connectivity index (χ2n) is 8.92. The summed E-state index contributed by atoms with van der Waals surface area (Å²) < 4.78 is 12.9. The first-order valence-electron chi connectivity index (χ1n) is 12.3. The van der Waals surface area contributed by atoms with Crippen LogP contribution in [0.2, 0.25) is 0 Å². The molecule has 0 radical (unpaired) electrons. The van der Waals surface area contributed by atoms with Gasteiger partial charge in [-0.2, -0.15) is 0 Å². The number of anilines is 1. The average molecular weight is 512 g/mol. The van der Waals surface area contributed by atoms with Gasteiger partial charge in [0.1, 0.15) is 0 Å². The van der Waals surface area contributed by atoms with Crippen molar-refractivity contribution in [2.24, 2.45) is 0 Å². The Labute approximate surface area is 221 Å². The Morgan fingerprint density at radius 1 is 0.838 bits per heavy atom. The molecule has 0 spiro atoms. The third-order valence-electron chi connectivity index (χ3n) is 6.25. The van der Waals surface area contributed by atoms with Crippen molar-refractivity contribution < 1.29 is 19.4 Å². The topological polar surface area (TPSA) is 67.8 Å². The highest BCUT2D eigenvalue weighted by molar-refractivity contribution is 7.99. The van der Waals surface area contributed by atoms with Crippen molar-refractivity contribution in [3.8, 4) is 0 Å². The lowest BCUT2D eigenvalue weighted by atomic mass is 10.0. The van der Waals surface area contributed by atoms with Crippen LogP contribution < -0.4 is 5.32 Å². The Morgan fingerprint density at radius 3 is 2.30 bits per heavy atom. The van der Waals surface area contributed by atoms with E-state index in [1.807, 2.05) is 84.9 Å². The number of rotatable bonds is 8. The highest BCUT2D eigenvalue weighted by atomic mass is 32.2. The summed E-state index contributed by atoms with van der Waals surface area (Å²) in [6.07, 6.45) is -0.0464. The lowest BCUT2D eigenvalue weighted by molar-refractivity contribution is -0.245. The third-order valence-corrected chi connectivity index (χ3v) is 7.39. The molecule has 1 saturated heterocycles. The van der Waals surface area contributed by atoms with Crippen molar-refractivity contribution in [3.63, 3.8) is 0 Å². The Kier molecular flexibility index (Phi) is 8.33. The number of thioether (sulfide) groups is 1. The molecule has 5 nitrogen and oxygen atoms in total. The zero-order valence-corrected chi connectivity index (χ0v) is 21.1. The summed E-state index contributed by atoms with van der Waals surface area (Å²) in [6.45, 7) is 0.00930. The number of amides is 1. The maximum atomic E-state index is 12.7. The maximum Gasteiger partial charge on any atom is 0.255 e. The fraction of sp³-hybridized carbons (Fsp3) is 0.194. The van der Waals surface area contributed by atoms with Crippen LogP contribution in [0.4, 0.5) is 5.69 Å². The molecule has 4 aromatic carbocycles. The maximum absolute atomic E-state index is 12.7. The van der Waals surface area contributed by atoms with E-state index < -0.39 is 6.29 Å². The van der Waals surface area contributed by atoms with Crippen LogP contribution in [-0.2, 0) is 16.1 Å². The normalized spacial score (nSPS) is 19.3. The molecule has 0 aromatic heterocycles. The van der Waals surface area contributed by atoms with Crippen molar-refractivity contribution in [2.75, 3.05) is 11.1 Å². The molecule has 1 aliphatic heterocycles. The van der Waals surface area contributed by atoms with E-state index in [1.165, 1.54) is 4.90 Å². The minimum atomic E-state index is -0.578. The zero-order chi connectivity index (χ0) is 25.5. The van der Waals surface area contributed by atoms with Crippen LogP contribution in [0.25, 0.3) is 0 Å². The summed E-state index contributed by atoms with van der Waals surface area (Å²) in [7, 11) is 0. The number of hydrogen-bond acceptors (Lipinski definition) is 5. The van der Waals surface area contributed by atoms with Gasteiger partial charge in [-0.05, 0) is 47.5 Å². The van der Waals surface area contributed by atoms with Crippen LogP contribution in [0.3, 0.4) is 0 Å². The van der Waals surface area contributed by atoms with Gasteiger partial charge in [-0.15, -0.1) is 11.8 Å². The first-order chi connectivity index (χ1) is 18.2. The van der Waals surface area contributed by atoms with Crippen LogP contribution in [0.15, 0.2) is 114 Å². The van der Waals surface area contributed by atoms with Gasteiger partial charge in [0.2, 0.25) is 0 Å². The molecule has 1 heterocycles. The molecule has 3 atom stereocenters. The van der Waals surface area contributed by atoms with Crippen molar-refractivity contribution in [1.82, 2.24) is 0 Å². The molecule has 0 bridgehead atoms. The predicted molar refractivity (Wildman–Crippen MR) is 146 cm³/mol. The smallest absolute Gasteiger partial charge is 0.255 e. The minimum Gasteiger partial charge on any atom is -0.392 e. The molecule has 1 fully saturated rings. The molecule has 3 unspecified atom stereocenters. The van der Waals surface area contributed by atoms with Crippen molar-refractivity contribution in [1.29, 1.82) is 0 Å². The van der Waals surface area contributed by atoms with Crippen LogP contribution in [0, 0.1) is 0 Å². The molecular formula is C31H29NO4S. The lowest BCUT2D eigenvalue weighted by Crippen LogP contribution is -2.31. The molecule has 188 valence electrons. The van der Waals surface area contributed by atoms with E-state index in [9.17, 15) is 9.90 Å². The van der Waals surface area contributed by atoms with Crippen molar-refractivity contribution >= 4 is 23.4 Å². The van der Waals surface area contributed by atoms with Gasteiger partial charge >= 0.3 is 0 Å². The summed E-state index contributed by atoms with van der Waals surface area (Å²) in [5.74, 6) is 0.627. The number of nitrogens with one attached hydrogen (secondary N) is 1. The number of hydrogen-bond donors (Lipinski definition) is 2. The average Bonchev–Trinajstić information content (AvgIpc) is 2.97. The van der Waals surface area contributed by atoms with Gasteiger partial charge in [0.15, 0.2) is 6.29 Å². The molecular weight excluding hydrogens is 482 g/mol. The fourth-order valence-electron chi connectivity index (χ4n) is 4.28. The number of carbonyl (C=O) groups excluding carboxylic acids is 1. The monoisotopic (exact) mass is 511 g/mol. The summed E-state index contributed by atoms with van der Waals surface area (Å²) in [5, 5.41) is 12.4. The molecule has 1 amide bonds. The van der Waals surface area contributed by atoms with Crippen molar-refractivity contribution in [3.05, 3.63) is 131 Å². The highest BCUT2D eigenvalue weighted by Crippen LogP contribution is 2.39. The molecule has 4 aromatic rings. The molecule has 6 heteroatoms. The van der Waals surface area contributed by atoms with E-state index in [0.29, 0.717) is 11.3 Å². The van der Waals surface area contributed by atoms with Crippen LogP contribution in [-0.4, -0.2) is 22.9 Å². The molecule has 37 heavy (non-hydrogen) atoms. The quantitative estimate of drug-likeness (QED) is 0.256. The van der Waals surface area contributed by atoms with Gasteiger partial charge in [-0.3, -0.25) is 4.79 Å². The Balaban J connectivity index is 1.35. The number of ether oxygens (including phenoxy) is 2. The van der Waals surface area contributed by atoms with Crippen molar-refractivity contribution in [2.45, 2.75) is 36.4 Å². The van der Waals surface area contributed by atoms with E-state index in [2.05, 4.69) is 17.4 Å². The summed E-state index contributed by atoms with van der Waals surface area (Å²) in [6, 6.07) is 34.9. The fourth-order valence-corrected chi connectivity index (χ4v) is 5.23. The van der Waals surface area contributed by atoms with Gasteiger partial charge < -0.3 is 19.9 Å². The second-order valence-corrected chi connectivity index (χ2v) is 10.0. The molecule has 0 saturated carbocycles. The lowest BCUT2D eigenvalue weighted by Gasteiger charge is -2.36. The van der Waals surface area contributed by atoms with Gasteiger partial charge in [0.25, 0.3) is 5.91 Å². The zero-order valence-electron chi connectivity index (χ0n) is 20.3. The van der Waals surface area contributed by atoms with Crippen LogP contribution >= 0.6 is 11.8 Å². The third kappa shape index (κ3) is 6.67. The number of aliphatic hydroxyl groups is 1. The first-order valence-corrected chi connectivity index (χ1v) is 13.3. The van der Waals surface area contributed by atoms with Crippen LogP contribution in [0.5, 0.6) is 0 Å². The molecule has 5 rings (SSSR count). The van der Waals surface area contributed by atoms with E-state index in [0.717, 1.165) is 28.9 Å². The summed E-state index contributed by atoms with van der Waals surface area (Å²) >= 11 is 1.77. The Bertz CT molecular complexity index is 1300. The standard InChI is InChI=1S/C31H29NO4S/c33-20-22-14-16-23(17-15-22)29-19-27(21-37-28-12-5-2-6-13-28)35-31(36-29)25-10-7-11-26(18-25)32-30(34)24-8-3-1-4-9-24/h1-18,27,29,31,33H,19-21H2,(H,32,34). The largest absolute Gasteiger partial charge is 0.392 e. The van der Waals surface area contributed by atoms with E-state index in [4.69, 9.17) is 9.47 Å². The predicted octanol–water partition coefficient (Wildman–Crippen LogP) is 6.77. The van der Waals surface area contributed by atoms with Gasteiger partial charge in [-0.25, -0.2) is 0 Å². The molecule has 2 N–H and O–H groups in total.